The molecule has 170 valence electrons. The van der Waals surface area contributed by atoms with Crippen LogP contribution >= 0.6 is 0 Å². The van der Waals surface area contributed by atoms with Gasteiger partial charge in [0, 0.05) is 43.0 Å². The minimum Gasteiger partial charge on any atom is -0.379 e. The van der Waals surface area contributed by atoms with Crippen LogP contribution in [0.25, 0.3) is 10.8 Å². The number of benzene rings is 1. The van der Waals surface area contributed by atoms with Crippen molar-refractivity contribution in [3.05, 3.63) is 63.8 Å². The lowest BCUT2D eigenvalue weighted by Gasteiger charge is -2.26. The smallest absolute Gasteiger partial charge is 0.276 e. The van der Waals surface area contributed by atoms with Crippen LogP contribution in [0.15, 0.2) is 41.3 Å². The molecule has 1 aromatic carbocycles. The van der Waals surface area contributed by atoms with Crippen LogP contribution in [-0.2, 0) is 22.6 Å². The SMILES string of the molecule is Cc1c2cnn(CC(=O)NCCCN3CCOCC3)c(=O)c2c(C)n1Cc1ccccc1. The van der Waals surface area contributed by atoms with Crippen LogP contribution in [0.1, 0.15) is 23.4 Å². The van der Waals surface area contributed by atoms with Crippen molar-refractivity contribution in [2.24, 2.45) is 0 Å². The van der Waals surface area contributed by atoms with Crippen molar-refractivity contribution in [3.63, 3.8) is 0 Å². The number of carbonyl (C=O) groups excluding carboxylic acids is 1. The summed E-state index contributed by atoms with van der Waals surface area (Å²) in [5, 5.41) is 8.66. The zero-order valence-electron chi connectivity index (χ0n) is 18.8. The second-order valence-electron chi connectivity index (χ2n) is 8.30. The Balaban J connectivity index is 1.42. The Bertz CT molecular complexity index is 1130. The Kier molecular flexibility index (Phi) is 7.02. The maximum absolute atomic E-state index is 13.1. The molecule has 0 spiro atoms. The molecule has 8 nitrogen and oxygen atoms in total. The van der Waals surface area contributed by atoms with E-state index in [1.807, 2.05) is 32.0 Å². The molecule has 8 heteroatoms. The number of fused-ring (bicyclic) bond motifs is 1. The zero-order chi connectivity index (χ0) is 22.5. The summed E-state index contributed by atoms with van der Waals surface area (Å²) in [5.74, 6) is -0.195. The number of hydrogen-bond donors (Lipinski definition) is 1. The van der Waals surface area contributed by atoms with Crippen LogP contribution in [-0.4, -0.2) is 64.5 Å². The van der Waals surface area contributed by atoms with Gasteiger partial charge in [-0.3, -0.25) is 14.5 Å². The molecule has 1 N–H and O–H groups in total. The fourth-order valence-corrected chi connectivity index (χ4v) is 4.31. The highest BCUT2D eigenvalue weighted by Crippen LogP contribution is 2.23. The van der Waals surface area contributed by atoms with E-state index in [9.17, 15) is 9.59 Å². The van der Waals surface area contributed by atoms with Crippen LogP contribution in [0.4, 0.5) is 0 Å². The summed E-state index contributed by atoms with van der Waals surface area (Å²) >= 11 is 0. The first-order valence-corrected chi connectivity index (χ1v) is 11.2. The molecule has 1 amide bonds. The van der Waals surface area contributed by atoms with E-state index < -0.39 is 0 Å². The average Bonchev–Trinajstić information content (AvgIpc) is 3.05. The standard InChI is InChI=1S/C24H31N5O3/c1-18-21-15-26-29(17-22(30)25-9-6-10-27-11-13-32-14-12-27)24(31)23(21)19(2)28(18)16-20-7-4-3-5-8-20/h3-5,7-8,15H,6,9-14,16-17H2,1-2H3,(H,25,30). The molecule has 0 saturated carbocycles. The van der Waals surface area contributed by atoms with E-state index in [1.54, 1.807) is 6.20 Å². The minimum absolute atomic E-state index is 0.0747. The summed E-state index contributed by atoms with van der Waals surface area (Å²) in [4.78, 5) is 27.9. The van der Waals surface area contributed by atoms with E-state index in [1.165, 1.54) is 10.2 Å². The van der Waals surface area contributed by atoms with E-state index >= 15 is 0 Å². The van der Waals surface area contributed by atoms with Crippen LogP contribution in [0.3, 0.4) is 0 Å². The van der Waals surface area contributed by atoms with E-state index in [2.05, 4.69) is 32.0 Å². The molecule has 0 unspecified atom stereocenters. The number of nitrogens with zero attached hydrogens (tertiary/aromatic N) is 4. The lowest BCUT2D eigenvalue weighted by molar-refractivity contribution is -0.121. The van der Waals surface area contributed by atoms with Crippen LogP contribution in [0.2, 0.25) is 0 Å². The van der Waals surface area contributed by atoms with Crippen LogP contribution in [0.5, 0.6) is 0 Å². The molecule has 4 rings (SSSR count). The fraction of sp³-hybridized carbons (Fsp3) is 0.458. The second kappa shape index (κ2) is 10.1. The topological polar surface area (TPSA) is 81.4 Å². The number of rotatable bonds is 8. The Morgan fingerprint density at radius 3 is 2.62 bits per heavy atom. The van der Waals surface area contributed by atoms with Gasteiger partial charge in [-0.15, -0.1) is 0 Å². The van der Waals surface area contributed by atoms with Crippen LogP contribution in [0, 0.1) is 13.8 Å². The molecule has 3 aromatic rings. The summed E-state index contributed by atoms with van der Waals surface area (Å²) in [6.07, 6.45) is 2.57. The monoisotopic (exact) mass is 437 g/mol. The van der Waals surface area contributed by atoms with Gasteiger partial charge in [0.2, 0.25) is 5.91 Å². The molecular formula is C24H31N5O3. The number of amides is 1. The highest BCUT2D eigenvalue weighted by molar-refractivity contribution is 5.87. The second-order valence-corrected chi connectivity index (χ2v) is 8.30. The largest absolute Gasteiger partial charge is 0.379 e. The normalized spacial score (nSPS) is 14.7. The Morgan fingerprint density at radius 1 is 1.12 bits per heavy atom. The number of hydrogen-bond acceptors (Lipinski definition) is 5. The first-order valence-electron chi connectivity index (χ1n) is 11.2. The number of nitrogens with one attached hydrogen (secondary N) is 1. The molecule has 0 aliphatic carbocycles. The minimum atomic E-state index is -0.224. The maximum atomic E-state index is 13.1. The van der Waals surface area contributed by atoms with Crippen molar-refractivity contribution in [2.75, 3.05) is 39.4 Å². The number of aromatic nitrogens is 3. The molecule has 0 atom stereocenters. The fourth-order valence-electron chi connectivity index (χ4n) is 4.31. The zero-order valence-corrected chi connectivity index (χ0v) is 18.8. The molecule has 1 aliphatic heterocycles. The molecular weight excluding hydrogens is 406 g/mol. The molecule has 32 heavy (non-hydrogen) atoms. The van der Waals surface area contributed by atoms with Crippen molar-refractivity contribution < 1.29 is 9.53 Å². The van der Waals surface area contributed by atoms with Crippen LogP contribution < -0.4 is 10.9 Å². The third-order valence-electron chi connectivity index (χ3n) is 6.16. The molecule has 3 heterocycles. The third-order valence-corrected chi connectivity index (χ3v) is 6.16. The number of morpholine rings is 1. The van der Waals surface area contributed by atoms with E-state index in [0.29, 0.717) is 18.5 Å². The number of carbonyl (C=O) groups is 1. The van der Waals surface area contributed by atoms with Crippen molar-refractivity contribution in [2.45, 2.75) is 33.4 Å². The molecule has 0 bridgehead atoms. The summed E-state index contributed by atoms with van der Waals surface area (Å²) in [6.45, 7) is 9.52. The first kappa shape index (κ1) is 22.2. The molecule has 0 radical (unpaired) electrons. The van der Waals surface area contributed by atoms with Gasteiger partial charge in [-0.2, -0.15) is 5.10 Å². The molecule has 1 aliphatic rings. The van der Waals surface area contributed by atoms with Gasteiger partial charge in [0.05, 0.1) is 24.8 Å². The summed E-state index contributed by atoms with van der Waals surface area (Å²) < 4.78 is 8.75. The van der Waals surface area contributed by atoms with Gasteiger partial charge in [0.25, 0.3) is 5.56 Å². The first-order chi connectivity index (χ1) is 15.5. The van der Waals surface area contributed by atoms with E-state index in [-0.39, 0.29) is 18.0 Å². The van der Waals surface area contributed by atoms with Gasteiger partial charge in [0.15, 0.2) is 0 Å². The van der Waals surface area contributed by atoms with Crippen molar-refractivity contribution in [3.8, 4) is 0 Å². The Hall–Kier alpha value is -2.97. The van der Waals surface area contributed by atoms with E-state index in [4.69, 9.17) is 4.74 Å². The Labute approximate surface area is 187 Å². The summed E-state index contributed by atoms with van der Waals surface area (Å²) in [6, 6.07) is 10.2. The number of aryl methyl sites for hydroxylation is 2. The molecule has 1 fully saturated rings. The van der Waals surface area contributed by atoms with Crippen molar-refractivity contribution >= 4 is 16.7 Å². The molecule has 2 aromatic heterocycles. The summed E-state index contributed by atoms with van der Waals surface area (Å²) in [5.41, 5.74) is 2.85. The predicted molar refractivity (Wildman–Crippen MR) is 124 cm³/mol. The van der Waals surface area contributed by atoms with Gasteiger partial charge in [-0.25, -0.2) is 4.68 Å². The third kappa shape index (κ3) is 4.92. The summed E-state index contributed by atoms with van der Waals surface area (Å²) in [7, 11) is 0. The van der Waals surface area contributed by atoms with Gasteiger partial charge in [0.1, 0.15) is 6.54 Å². The lowest BCUT2D eigenvalue weighted by atomic mass is 10.2. The van der Waals surface area contributed by atoms with Crippen molar-refractivity contribution in [1.29, 1.82) is 0 Å². The molecule has 1 saturated heterocycles. The maximum Gasteiger partial charge on any atom is 0.276 e. The van der Waals surface area contributed by atoms with Gasteiger partial charge >= 0.3 is 0 Å². The van der Waals surface area contributed by atoms with E-state index in [0.717, 1.165) is 56.0 Å². The lowest BCUT2D eigenvalue weighted by Crippen LogP contribution is -2.39. The predicted octanol–water partition coefficient (Wildman–Crippen LogP) is 1.70. The van der Waals surface area contributed by atoms with Gasteiger partial charge < -0.3 is 14.6 Å². The van der Waals surface area contributed by atoms with Gasteiger partial charge in [-0.05, 0) is 32.4 Å². The number of ether oxygens (including phenoxy) is 1. The highest BCUT2D eigenvalue weighted by atomic mass is 16.5. The quantitative estimate of drug-likeness (QED) is 0.543. The Morgan fingerprint density at radius 2 is 1.88 bits per heavy atom. The highest BCUT2D eigenvalue weighted by Gasteiger charge is 2.17. The van der Waals surface area contributed by atoms with Gasteiger partial charge in [-0.1, -0.05) is 30.3 Å². The average molecular weight is 438 g/mol. The van der Waals surface area contributed by atoms with Crippen molar-refractivity contribution in [1.82, 2.24) is 24.6 Å².